The van der Waals surface area contributed by atoms with Crippen molar-refractivity contribution in [3.8, 4) is 22.9 Å². The Labute approximate surface area is 216 Å². The van der Waals surface area contributed by atoms with E-state index in [1.807, 2.05) is 24.0 Å². The second kappa shape index (κ2) is 9.16. The van der Waals surface area contributed by atoms with E-state index in [1.54, 1.807) is 23.0 Å². The highest BCUT2D eigenvalue weighted by atomic mass is 19.4. The van der Waals surface area contributed by atoms with Crippen LogP contribution in [-0.4, -0.2) is 63.1 Å². The maximum Gasteiger partial charge on any atom is 0.403 e. The molecule has 12 heteroatoms. The number of aliphatic hydroxyl groups is 1. The number of fused-ring (bicyclic) bond motifs is 1. The Morgan fingerprint density at radius 3 is 2.68 bits per heavy atom. The van der Waals surface area contributed by atoms with Crippen molar-refractivity contribution in [2.45, 2.75) is 50.9 Å². The zero-order chi connectivity index (χ0) is 27.3. The molecule has 1 aliphatic heterocycles. The number of amides is 1. The summed E-state index contributed by atoms with van der Waals surface area (Å²) in [4.78, 5) is 18.8. The van der Waals surface area contributed by atoms with E-state index >= 15 is 0 Å². The van der Waals surface area contributed by atoms with E-state index in [0.29, 0.717) is 35.8 Å². The van der Waals surface area contributed by atoms with Crippen LogP contribution >= 0.6 is 0 Å². The van der Waals surface area contributed by atoms with Gasteiger partial charge >= 0.3 is 6.18 Å². The molecule has 0 radical (unpaired) electrons. The van der Waals surface area contributed by atoms with Crippen LogP contribution in [0, 0.1) is 16.7 Å². The number of hydrogen-bond acceptors (Lipinski definition) is 7. The van der Waals surface area contributed by atoms with Gasteiger partial charge in [0.25, 0.3) is 0 Å². The fraction of sp³-hybridized carbons (Fsp3) is 0.462. The average Bonchev–Trinajstić information content (AvgIpc) is 3.60. The third kappa shape index (κ3) is 4.41. The Bertz CT molecular complexity index is 1410. The number of nitrogens with one attached hydrogen (secondary N) is 1. The van der Waals surface area contributed by atoms with Crippen molar-refractivity contribution >= 4 is 17.2 Å². The van der Waals surface area contributed by atoms with E-state index in [9.17, 15) is 28.3 Å². The number of alkyl halides is 3. The van der Waals surface area contributed by atoms with E-state index in [-0.39, 0.29) is 25.8 Å². The highest BCUT2D eigenvalue weighted by Gasteiger charge is 2.68. The zero-order valence-corrected chi connectivity index (χ0v) is 20.9. The van der Waals surface area contributed by atoms with Crippen molar-refractivity contribution in [1.29, 1.82) is 5.26 Å². The third-order valence-corrected chi connectivity index (χ3v) is 7.38. The second-order valence-corrected chi connectivity index (χ2v) is 10.1. The van der Waals surface area contributed by atoms with Gasteiger partial charge < -0.3 is 20.1 Å². The van der Waals surface area contributed by atoms with E-state index in [1.165, 1.54) is 13.1 Å². The summed E-state index contributed by atoms with van der Waals surface area (Å²) in [6, 6.07) is 6.77. The molecule has 200 valence electrons. The molecule has 2 fully saturated rings. The number of piperidine rings is 1. The third-order valence-electron chi connectivity index (χ3n) is 7.38. The number of pyridine rings is 2. The Hall–Kier alpha value is -3.85. The molecule has 38 heavy (non-hydrogen) atoms. The molecule has 1 amide bonds. The number of aromatic nitrogens is 3. The van der Waals surface area contributed by atoms with E-state index in [0.717, 1.165) is 11.1 Å². The standard InChI is InChI=1S/C26H27F3N6O3/c1-3-38-18-10-19(22-17(11-30)13-32-35(22)14-18)16-4-5-21(31-12-16)34-9-6-20(24(2,37)15-34)33-23(36)25(7-8-25)26(27,28)29/h4-5,10,12-14,20,37H,3,6-9,15H2,1-2H3,(H,33,36)/t20-,24+/m0/s1. The monoisotopic (exact) mass is 528 g/mol. The summed E-state index contributed by atoms with van der Waals surface area (Å²) in [5.41, 5.74) is -1.32. The van der Waals surface area contributed by atoms with Crippen LogP contribution in [0.1, 0.15) is 38.7 Å². The summed E-state index contributed by atoms with van der Waals surface area (Å²) in [7, 11) is 0. The first kappa shape index (κ1) is 25.8. The van der Waals surface area contributed by atoms with Gasteiger partial charge in [-0.25, -0.2) is 9.50 Å². The van der Waals surface area contributed by atoms with Gasteiger partial charge in [-0.05, 0) is 51.3 Å². The molecule has 0 bridgehead atoms. The molecule has 0 aromatic carbocycles. The fourth-order valence-corrected chi connectivity index (χ4v) is 5.03. The topological polar surface area (TPSA) is 116 Å². The van der Waals surface area contributed by atoms with Crippen molar-refractivity contribution in [3.63, 3.8) is 0 Å². The van der Waals surface area contributed by atoms with Crippen LogP contribution < -0.4 is 15.0 Å². The molecule has 9 nitrogen and oxygen atoms in total. The molecule has 2 atom stereocenters. The second-order valence-electron chi connectivity index (χ2n) is 10.1. The van der Waals surface area contributed by atoms with Crippen LogP contribution in [0.3, 0.4) is 0 Å². The van der Waals surface area contributed by atoms with Gasteiger partial charge in [0, 0.05) is 30.4 Å². The summed E-state index contributed by atoms with van der Waals surface area (Å²) in [5.74, 6) is 0.0903. The first-order valence-corrected chi connectivity index (χ1v) is 12.3. The van der Waals surface area contributed by atoms with Gasteiger partial charge in [-0.2, -0.15) is 23.5 Å². The molecule has 1 aliphatic carbocycles. The maximum absolute atomic E-state index is 13.3. The number of ether oxygens (including phenoxy) is 1. The highest BCUT2D eigenvalue weighted by Crippen LogP contribution is 2.57. The Balaban J connectivity index is 1.34. The molecule has 0 unspecified atom stereocenters. The number of anilines is 1. The summed E-state index contributed by atoms with van der Waals surface area (Å²) in [6.07, 6.45) is 0.0414. The highest BCUT2D eigenvalue weighted by molar-refractivity contribution is 5.87. The number of β-amino-alcohol motifs (C(OH)–C–C–N with tert-alkyl or cyclic N) is 1. The predicted octanol–water partition coefficient (Wildman–Crippen LogP) is 3.46. The molecular formula is C26H27F3N6O3. The van der Waals surface area contributed by atoms with Crippen LogP contribution in [-0.2, 0) is 4.79 Å². The minimum absolute atomic E-state index is 0.0780. The van der Waals surface area contributed by atoms with Crippen LogP contribution in [0.25, 0.3) is 16.6 Å². The molecule has 0 spiro atoms. The molecule has 4 heterocycles. The van der Waals surface area contributed by atoms with Crippen LogP contribution in [0.4, 0.5) is 19.0 Å². The molecule has 2 N–H and O–H groups in total. The number of hydrogen-bond donors (Lipinski definition) is 2. The summed E-state index contributed by atoms with van der Waals surface area (Å²) in [6.45, 7) is 4.30. The van der Waals surface area contributed by atoms with Gasteiger partial charge in [0.2, 0.25) is 5.91 Å². The molecule has 5 rings (SSSR count). The SMILES string of the molecule is CCOc1cc(-c2ccc(N3CC[C@H](NC(=O)C4(C(F)(F)F)CC4)[C@](C)(O)C3)nc2)c2c(C#N)cnn2c1. The van der Waals surface area contributed by atoms with Gasteiger partial charge in [-0.1, -0.05) is 0 Å². The van der Waals surface area contributed by atoms with Crippen molar-refractivity contribution < 1.29 is 27.8 Å². The van der Waals surface area contributed by atoms with Gasteiger partial charge in [0.1, 0.15) is 23.1 Å². The van der Waals surface area contributed by atoms with Crippen molar-refractivity contribution in [3.05, 3.63) is 42.4 Å². The number of halogens is 3. The van der Waals surface area contributed by atoms with Crippen LogP contribution in [0.15, 0.2) is 36.8 Å². The Morgan fingerprint density at radius 1 is 1.34 bits per heavy atom. The lowest BCUT2D eigenvalue weighted by molar-refractivity contribution is -0.193. The molecular weight excluding hydrogens is 501 g/mol. The number of carbonyl (C=O) groups is 1. The number of rotatable bonds is 6. The summed E-state index contributed by atoms with van der Waals surface area (Å²) < 4.78 is 47.2. The first-order valence-electron chi connectivity index (χ1n) is 12.3. The number of nitrogens with zero attached hydrogens (tertiary/aromatic N) is 5. The van der Waals surface area contributed by atoms with Gasteiger partial charge in [-0.15, -0.1) is 0 Å². The van der Waals surface area contributed by atoms with Gasteiger partial charge in [-0.3, -0.25) is 4.79 Å². The maximum atomic E-state index is 13.3. The predicted molar refractivity (Wildman–Crippen MR) is 131 cm³/mol. The van der Waals surface area contributed by atoms with E-state index in [4.69, 9.17) is 4.74 Å². The Kier molecular flexibility index (Phi) is 6.22. The zero-order valence-electron chi connectivity index (χ0n) is 20.9. The van der Waals surface area contributed by atoms with Gasteiger partial charge in [0.05, 0.1) is 41.7 Å². The van der Waals surface area contributed by atoms with Crippen molar-refractivity contribution in [1.82, 2.24) is 19.9 Å². The van der Waals surface area contributed by atoms with Crippen molar-refractivity contribution in [2.24, 2.45) is 5.41 Å². The normalized spacial score (nSPS) is 22.7. The fourth-order valence-electron chi connectivity index (χ4n) is 5.03. The molecule has 3 aromatic heterocycles. The number of nitriles is 1. The quantitative estimate of drug-likeness (QED) is 0.504. The van der Waals surface area contributed by atoms with Crippen LogP contribution in [0.2, 0.25) is 0 Å². The molecule has 1 saturated heterocycles. The first-order chi connectivity index (χ1) is 18.0. The van der Waals surface area contributed by atoms with Gasteiger partial charge in [0.15, 0.2) is 0 Å². The lowest BCUT2D eigenvalue weighted by atomic mass is 9.88. The van der Waals surface area contributed by atoms with Crippen LogP contribution in [0.5, 0.6) is 5.75 Å². The Morgan fingerprint density at radius 2 is 2.11 bits per heavy atom. The smallest absolute Gasteiger partial charge is 0.403 e. The summed E-state index contributed by atoms with van der Waals surface area (Å²) >= 11 is 0. The summed E-state index contributed by atoms with van der Waals surface area (Å²) in [5, 5.41) is 27.3. The van der Waals surface area contributed by atoms with E-state index < -0.39 is 29.1 Å². The molecule has 3 aromatic rings. The average molecular weight is 529 g/mol. The number of carbonyl (C=O) groups excluding carboxylic acids is 1. The molecule has 1 saturated carbocycles. The minimum Gasteiger partial charge on any atom is -0.492 e. The lowest BCUT2D eigenvalue weighted by Gasteiger charge is -2.44. The minimum atomic E-state index is -4.60. The van der Waals surface area contributed by atoms with Crippen molar-refractivity contribution in [2.75, 3.05) is 24.6 Å². The van der Waals surface area contributed by atoms with E-state index in [2.05, 4.69) is 21.5 Å². The largest absolute Gasteiger partial charge is 0.492 e. The lowest BCUT2D eigenvalue weighted by Crippen LogP contribution is -2.62. The molecule has 2 aliphatic rings.